The number of fused-ring (bicyclic) bond motifs is 1. The molecule has 0 saturated carbocycles. The molecule has 2 aromatic heterocycles. The number of aromatic nitrogens is 3. The van der Waals surface area contributed by atoms with Gasteiger partial charge in [0.05, 0.1) is 22.6 Å². The smallest absolute Gasteiger partial charge is 0.309 e. The van der Waals surface area contributed by atoms with E-state index in [4.69, 9.17) is 10.5 Å². The summed E-state index contributed by atoms with van der Waals surface area (Å²) >= 11 is 0. The van der Waals surface area contributed by atoms with E-state index in [2.05, 4.69) is 10.1 Å². The van der Waals surface area contributed by atoms with Crippen molar-refractivity contribution < 1.29 is 24.5 Å². The minimum Gasteiger partial charge on any atom is -0.481 e. The van der Waals surface area contributed by atoms with Crippen LogP contribution in [0.5, 0.6) is 0 Å². The van der Waals surface area contributed by atoms with Gasteiger partial charge in [-0.3, -0.25) is 9.59 Å². The fraction of sp³-hybridized carbons (Fsp3) is 0.526. The van der Waals surface area contributed by atoms with Crippen LogP contribution in [0.25, 0.3) is 5.52 Å². The number of hydrogen-bond acceptors (Lipinski definition) is 7. The van der Waals surface area contributed by atoms with E-state index in [1.807, 2.05) is 6.07 Å². The van der Waals surface area contributed by atoms with Crippen molar-refractivity contribution in [2.75, 3.05) is 5.73 Å². The Morgan fingerprint density at radius 3 is 2.31 bits per heavy atom. The lowest BCUT2D eigenvalue weighted by Gasteiger charge is -2.39. The second-order valence-corrected chi connectivity index (χ2v) is 8.41. The molecule has 4 unspecified atom stereocenters. The number of nitrogens with zero attached hydrogens (tertiary/aromatic N) is 4. The first kappa shape index (κ1) is 20.5. The largest absolute Gasteiger partial charge is 0.481 e. The van der Waals surface area contributed by atoms with Crippen LogP contribution >= 0.6 is 0 Å². The Labute approximate surface area is 166 Å². The van der Waals surface area contributed by atoms with Crippen molar-refractivity contribution >= 4 is 23.3 Å². The Kier molecular flexibility index (Phi) is 4.75. The molecule has 154 valence electrons. The van der Waals surface area contributed by atoms with Gasteiger partial charge in [-0.25, -0.2) is 9.50 Å². The van der Waals surface area contributed by atoms with Gasteiger partial charge in [0, 0.05) is 11.8 Å². The zero-order chi connectivity index (χ0) is 21.7. The number of hydrogen-bond donors (Lipinski definition) is 3. The Morgan fingerprint density at radius 1 is 1.17 bits per heavy atom. The van der Waals surface area contributed by atoms with E-state index in [-0.39, 0.29) is 5.82 Å². The maximum Gasteiger partial charge on any atom is 0.309 e. The molecule has 4 atom stereocenters. The highest BCUT2D eigenvalue weighted by atomic mass is 16.5. The molecule has 0 spiro atoms. The van der Waals surface area contributed by atoms with E-state index < -0.39 is 46.8 Å². The molecule has 0 aliphatic carbocycles. The molecule has 3 heterocycles. The number of nitrogen functional groups attached to an aromatic ring is 1. The Bertz CT molecular complexity index is 1020. The molecular formula is C19H23N5O5. The lowest BCUT2D eigenvalue weighted by molar-refractivity contribution is -0.159. The molecule has 10 heteroatoms. The zero-order valence-corrected chi connectivity index (χ0v) is 16.5. The molecule has 10 nitrogen and oxygen atoms in total. The standard InChI is InChI=1S/C19H23N5O5/c1-18(2,16(25)26)12-11(7-20)29-14(13(12)19(3,4)17(27)28)9-5-6-10-15(21)22-8-23-24(9)10/h5-6,8,11-14H,1-4H3,(H,25,26)(H,27,28)(H2,21,22,23). The summed E-state index contributed by atoms with van der Waals surface area (Å²) in [6, 6.07) is 5.38. The SMILES string of the molecule is CC(C)(C(=O)O)C1C(C#N)OC(c2ccc3c(N)ncnn23)C1C(C)(C)C(=O)O. The second kappa shape index (κ2) is 6.70. The van der Waals surface area contributed by atoms with Crippen molar-refractivity contribution in [3.05, 3.63) is 24.2 Å². The maximum atomic E-state index is 12.1. The van der Waals surface area contributed by atoms with E-state index in [0.29, 0.717) is 11.2 Å². The first-order chi connectivity index (χ1) is 13.4. The average Bonchev–Trinajstić information content (AvgIpc) is 3.23. The second-order valence-electron chi connectivity index (χ2n) is 8.41. The minimum atomic E-state index is -1.41. The van der Waals surface area contributed by atoms with E-state index in [1.54, 1.807) is 12.1 Å². The Balaban J connectivity index is 2.25. The van der Waals surface area contributed by atoms with Crippen LogP contribution in [-0.2, 0) is 14.3 Å². The number of ether oxygens (including phenoxy) is 1. The highest BCUT2D eigenvalue weighted by Crippen LogP contribution is 2.56. The molecule has 1 aliphatic rings. The van der Waals surface area contributed by atoms with Crippen LogP contribution in [0, 0.1) is 34.0 Å². The van der Waals surface area contributed by atoms with Gasteiger partial charge in [0.1, 0.15) is 24.1 Å². The van der Waals surface area contributed by atoms with Crippen molar-refractivity contribution in [2.24, 2.45) is 22.7 Å². The van der Waals surface area contributed by atoms with Crippen LogP contribution in [0.2, 0.25) is 0 Å². The molecule has 1 aliphatic heterocycles. The number of carboxylic acid groups (broad SMARTS) is 2. The fourth-order valence-corrected chi connectivity index (χ4v) is 4.20. The van der Waals surface area contributed by atoms with Gasteiger partial charge >= 0.3 is 11.9 Å². The van der Waals surface area contributed by atoms with Crippen LogP contribution < -0.4 is 5.73 Å². The van der Waals surface area contributed by atoms with Crippen LogP contribution in [0.4, 0.5) is 5.82 Å². The number of aliphatic carboxylic acids is 2. The van der Waals surface area contributed by atoms with Crippen LogP contribution in [0.15, 0.2) is 18.5 Å². The number of nitriles is 1. The summed E-state index contributed by atoms with van der Waals surface area (Å²) in [6.07, 6.45) is -0.732. The Morgan fingerprint density at radius 2 is 1.76 bits per heavy atom. The van der Waals surface area contributed by atoms with Gasteiger partial charge < -0.3 is 20.7 Å². The lowest BCUT2D eigenvalue weighted by Crippen LogP contribution is -2.47. The van der Waals surface area contributed by atoms with Crippen molar-refractivity contribution in [3.63, 3.8) is 0 Å². The molecule has 0 amide bonds. The fourth-order valence-electron chi connectivity index (χ4n) is 4.20. The van der Waals surface area contributed by atoms with Gasteiger partial charge in [-0.15, -0.1) is 0 Å². The molecule has 1 saturated heterocycles. The number of anilines is 1. The predicted octanol–water partition coefficient (Wildman–Crippen LogP) is 1.73. The van der Waals surface area contributed by atoms with Crippen LogP contribution in [0.1, 0.15) is 39.5 Å². The van der Waals surface area contributed by atoms with Gasteiger partial charge in [-0.1, -0.05) is 0 Å². The van der Waals surface area contributed by atoms with Crippen LogP contribution in [0.3, 0.4) is 0 Å². The molecule has 29 heavy (non-hydrogen) atoms. The number of carboxylic acids is 2. The molecule has 3 rings (SSSR count). The third-order valence-corrected chi connectivity index (χ3v) is 6.03. The molecule has 2 aromatic rings. The van der Waals surface area contributed by atoms with Crippen molar-refractivity contribution in [1.82, 2.24) is 14.6 Å². The predicted molar refractivity (Wildman–Crippen MR) is 100 cm³/mol. The molecule has 0 bridgehead atoms. The third kappa shape index (κ3) is 2.98. The summed E-state index contributed by atoms with van der Waals surface area (Å²) in [4.78, 5) is 28.1. The summed E-state index contributed by atoms with van der Waals surface area (Å²) in [5, 5.41) is 33.6. The molecule has 0 aromatic carbocycles. The normalized spacial score (nSPS) is 25.1. The summed E-state index contributed by atoms with van der Waals surface area (Å²) in [6.45, 7) is 6.00. The van der Waals surface area contributed by atoms with Gasteiger partial charge in [-0.05, 0) is 39.8 Å². The summed E-state index contributed by atoms with van der Waals surface area (Å²) in [5.74, 6) is -3.73. The van der Waals surface area contributed by atoms with Gasteiger partial charge in [0.15, 0.2) is 5.82 Å². The average molecular weight is 401 g/mol. The van der Waals surface area contributed by atoms with E-state index >= 15 is 0 Å². The summed E-state index contributed by atoms with van der Waals surface area (Å²) in [5.41, 5.74) is 4.08. The van der Waals surface area contributed by atoms with E-state index in [0.717, 1.165) is 0 Å². The first-order valence-electron chi connectivity index (χ1n) is 9.04. The maximum absolute atomic E-state index is 12.1. The van der Waals surface area contributed by atoms with Gasteiger partial charge in [0.25, 0.3) is 0 Å². The highest BCUT2D eigenvalue weighted by molar-refractivity contribution is 5.77. The van der Waals surface area contributed by atoms with Gasteiger partial charge in [-0.2, -0.15) is 10.4 Å². The quantitative estimate of drug-likeness (QED) is 0.676. The number of rotatable bonds is 5. The minimum absolute atomic E-state index is 0.234. The van der Waals surface area contributed by atoms with Crippen molar-refractivity contribution in [2.45, 2.75) is 39.9 Å². The number of carbonyl (C=O) groups is 2. The summed E-state index contributed by atoms with van der Waals surface area (Å²) < 4.78 is 7.48. The van der Waals surface area contributed by atoms with Crippen LogP contribution in [-0.4, -0.2) is 42.9 Å². The molecule has 4 N–H and O–H groups in total. The molecular weight excluding hydrogens is 378 g/mol. The van der Waals surface area contributed by atoms with E-state index in [1.165, 1.54) is 38.5 Å². The zero-order valence-electron chi connectivity index (χ0n) is 16.5. The van der Waals surface area contributed by atoms with Crippen molar-refractivity contribution in [3.8, 4) is 6.07 Å². The lowest BCUT2D eigenvalue weighted by atomic mass is 9.60. The number of nitrogens with two attached hydrogens (primary N) is 1. The highest BCUT2D eigenvalue weighted by Gasteiger charge is 2.61. The van der Waals surface area contributed by atoms with Crippen molar-refractivity contribution in [1.29, 1.82) is 5.26 Å². The topological polar surface area (TPSA) is 164 Å². The third-order valence-electron chi connectivity index (χ3n) is 6.03. The summed E-state index contributed by atoms with van der Waals surface area (Å²) in [7, 11) is 0. The van der Waals surface area contributed by atoms with E-state index in [9.17, 15) is 25.1 Å². The Hall–Kier alpha value is -3.19. The molecule has 1 fully saturated rings. The van der Waals surface area contributed by atoms with Gasteiger partial charge in [0.2, 0.25) is 0 Å². The first-order valence-corrected chi connectivity index (χ1v) is 9.04. The molecule has 0 radical (unpaired) electrons. The monoisotopic (exact) mass is 401 g/mol.